The average Bonchev–Trinajstić information content (AvgIpc) is 3.22. The molecule has 164 valence electrons. The molecule has 0 saturated carbocycles. The first-order chi connectivity index (χ1) is 13.4. The molecule has 3 heterocycles. The Bertz CT molecular complexity index is 730. The number of carboxylic acid groups (broad SMARTS) is 1. The Kier molecular flexibility index (Phi) is 6.94. The first kappa shape index (κ1) is 23.1. The van der Waals surface area contributed by atoms with Crippen LogP contribution in [0.4, 0.5) is 13.2 Å². The van der Waals surface area contributed by atoms with E-state index in [4.69, 9.17) is 19.2 Å². The van der Waals surface area contributed by atoms with E-state index in [1.54, 1.807) is 0 Å². The van der Waals surface area contributed by atoms with Gasteiger partial charge in [-0.3, -0.25) is 9.69 Å². The van der Waals surface area contributed by atoms with Gasteiger partial charge in [-0.1, -0.05) is 5.16 Å². The van der Waals surface area contributed by atoms with Crippen molar-refractivity contribution in [1.82, 2.24) is 15.4 Å². The molecule has 2 aliphatic heterocycles. The molecule has 3 rings (SSSR count). The minimum Gasteiger partial charge on any atom is -0.475 e. The zero-order valence-electron chi connectivity index (χ0n) is 16.8. The number of aliphatic carboxylic acids is 1. The van der Waals surface area contributed by atoms with Gasteiger partial charge in [-0.25, -0.2) is 4.79 Å². The number of nitrogens with one attached hydrogen (secondary N) is 1. The molecule has 1 amide bonds. The normalized spacial score (nSPS) is 24.2. The number of carbonyl (C=O) groups is 2. The van der Waals surface area contributed by atoms with E-state index in [9.17, 15) is 18.0 Å². The number of carboxylic acids is 1. The van der Waals surface area contributed by atoms with Gasteiger partial charge in [0.2, 0.25) is 5.91 Å². The zero-order chi connectivity index (χ0) is 22.0. The topological polar surface area (TPSA) is 105 Å². The lowest BCUT2D eigenvalue weighted by molar-refractivity contribution is -0.192. The number of ether oxygens (including phenoxy) is 1. The number of amides is 1. The lowest BCUT2D eigenvalue weighted by atomic mass is 9.80. The number of halogens is 3. The molecule has 0 radical (unpaired) electrons. The fourth-order valence-corrected chi connectivity index (χ4v) is 3.64. The van der Waals surface area contributed by atoms with Crippen LogP contribution in [0.15, 0.2) is 4.52 Å². The third-order valence-electron chi connectivity index (χ3n) is 5.12. The number of rotatable bonds is 4. The van der Waals surface area contributed by atoms with Crippen molar-refractivity contribution in [1.29, 1.82) is 0 Å². The maximum atomic E-state index is 12.7. The number of hydrogen-bond acceptors (Lipinski definition) is 6. The van der Waals surface area contributed by atoms with Gasteiger partial charge in [-0.2, -0.15) is 13.2 Å². The molecule has 1 aromatic rings. The minimum absolute atomic E-state index is 0.131. The summed E-state index contributed by atoms with van der Waals surface area (Å²) in [6.07, 6.45) is -5.08. The van der Waals surface area contributed by atoms with Crippen molar-refractivity contribution in [2.75, 3.05) is 26.3 Å². The van der Waals surface area contributed by atoms with Crippen LogP contribution < -0.4 is 5.32 Å². The van der Waals surface area contributed by atoms with E-state index in [1.165, 1.54) is 0 Å². The van der Waals surface area contributed by atoms with E-state index in [1.807, 2.05) is 27.7 Å². The van der Waals surface area contributed by atoms with E-state index in [0.717, 1.165) is 36.7 Å². The highest BCUT2D eigenvalue weighted by Gasteiger charge is 2.55. The summed E-state index contributed by atoms with van der Waals surface area (Å²) in [6, 6.07) is 0.153. The van der Waals surface area contributed by atoms with Crippen molar-refractivity contribution in [2.24, 2.45) is 11.3 Å². The molecule has 8 nitrogen and oxygen atoms in total. The van der Waals surface area contributed by atoms with Crippen LogP contribution in [0, 0.1) is 25.2 Å². The van der Waals surface area contributed by atoms with Crippen LogP contribution in [0.25, 0.3) is 0 Å². The number of hydrogen-bond donors (Lipinski definition) is 2. The second-order valence-corrected chi connectivity index (χ2v) is 7.77. The molecule has 1 aromatic heterocycles. The highest BCUT2D eigenvalue weighted by atomic mass is 19.4. The molecule has 0 bridgehead atoms. The predicted octanol–water partition coefficient (Wildman–Crippen LogP) is 1.90. The van der Waals surface area contributed by atoms with Gasteiger partial charge in [0.25, 0.3) is 0 Å². The van der Waals surface area contributed by atoms with Crippen molar-refractivity contribution >= 4 is 11.9 Å². The summed E-state index contributed by atoms with van der Waals surface area (Å²) in [5, 5.41) is 14.2. The number of nitrogens with zero attached hydrogens (tertiary/aromatic N) is 2. The minimum atomic E-state index is -5.08. The number of aromatic nitrogens is 1. The Labute approximate surface area is 166 Å². The summed E-state index contributed by atoms with van der Waals surface area (Å²) in [4.78, 5) is 23.9. The third kappa shape index (κ3) is 5.27. The second kappa shape index (κ2) is 8.70. The van der Waals surface area contributed by atoms with Gasteiger partial charge in [0.05, 0.1) is 24.3 Å². The van der Waals surface area contributed by atoms with Crippen LogP contribution >= 0.6 is 0 Å². The van der Waals surface area contributed by atoms with E-state index >= 15 is 0 Å². The molecule has 2 fully saturated rings. The summed E-state index contributed by atoms with van der Waals surface area (Å²) in [7, 11) is 0. The smallest absolute Gasteiger partial charge is 0.475 e. The van der Waals surface area contributed by atoms with Crippen molar-refractivity contribution in [3.63, 3.8) is 0 Å². The predicted molar refractivity (Wildman–Crippen MR) is 95.0 cm³/mol. The summed E-state index contributed by atoms with van der Waals surface area (Å²) in [6.45, 7) is 11.5. The largest absolute Gasteiger partial charge is 0.490 e. The van der Waals surface area contributed by atoms with Gasteiger partial charge in [0.15, 0.2) is 0 Å². The highest BCUT2D eigenvalue weighted by Crippen LogP contribution is 2.42. The SMILES string of the molecule is Cc1noc(C)c1CN1C[C@@H]2COC[C@]2(C(=O)NC(C)C)C1.O=C(O)C(F)(F)F. The van der Waals surface area contributed by atoms with Gasteiger partial charge in [0, 0.05) is 37.2 Å². The molecule has 0 unspecified atom stereocenters. The Morgan fingerprint density at radius 1 is 1.38 bits per heavy atom. The average molecular weight is 421 g/mol. The van der Waals surface area contributed by atoms with E-state index in [2.05, 4.69) is 15.4 Å². The first-order valence-corrected chi connectivity index (χ1v) is 9.19. The van der Waals surface area contributed by atoms with Crippen LogP contribution in [0.5, 0.6) is 0 Å². The van der Waals surface area contributed by atoms with Gasteiger partial charge in [-0.05, 0) is 27.7 Å². The Hall–Kier alpha value is -2.14. The standard InChI is InChI=1S/C16H25N3O3.C2HF3O2/c1-10(2)17-15(20)16-8-19(5-13(16)7-21-9-16)6-14-11(3)18-22-12(14)4;3-2(4,5)1(6)7/h10,13H,5-9H2,1-4H3,(H,17,20);(H,6,7)/t13-,16-;/m1./s1. The van der Waals surface area contributed by atoms with Gasteiger partial charge in [-0.15, -0.1) is 0 Å². The van der Waals surface area contributed by atoms with Crippen molar-refractivity contribution in [2.45, 2.75) is 46.5 Å². The maximum absolute atomic E-state index is 12.7. The molecule has 0 spiro atoms. The van der Waals surface area contributed by atoms with Crippen molar-refractivity contribution in [3.8, 4) is 0 Å². The van der Waals surface area contributed by atoms with E-state index in [0.29, 0.717) is 13.2 Å². The number of carbonyl (C=O) groups excluding carboxylic acids is 1. The van der Waals surface area contributed by atoms with Gasteiger partial charge >= 0.3 is 12.1 Å². The molecule has 2 saturated heterocycles. The summed E-state index contributed by atoms with van der Waals surface area (Å²) in [5.41, 5.74) is 1.68. The lowest BCUT2D eigenvalue weighted by Gasteiger charge is -2.27. The number of aryl methyl sites for hydroxylation is 2. The molecule has 11 heteroatoms. The quantitative estimate of drug-likeness (QED) is 0.765. The molecular weight excluding hydrogens is 395 g/mol. The van der Waals surface area contributed by atoms with Crippen molar-refractivity contribution < 1.29 is 37.1 Å². The van der Waals surface area contributed by atoms with E-state index < -0.39 is 17.6 Å². The van der Waals surface area contributed by atoms with Gasteiger partial charge < -0.3 is 19.7 Å². The molecule has 29 heavy (non-hydrogen) atoms. The highest BCUT2D eigenvalue weighted by molar-refractivity contribution is 5.84. The molecule has 0 aliphatic carbocycles. The van der Waals surface area contributed by atoms with Crippen LogP contribution in [-0.2, 0) is 20.9 Å². The molecule has 2 aliphatic rings. The number of alkyl halides is 3. The fraction of sp³-hybridized carbons (Fsp3) is 0.722. The fourth-order valence-electron chi connectivity index (χ4n) is 3.64. The van der Waals surface area contributed by atoms with E-state index in [-0.39, 0.29) is 17.9 Å². The summed E-state index contributed by atoms with van der Waals surface area (Å²) in [5.74, 6) is -1.49. The van der Waals surface area contributed by atoms with Gasteiger partial charge in [0.1, 0.15) is 5.76 Å². The first-order valence-electron chi connectivity index (χ1n) is 9.19. The number of fused-ring (bicyclic) bond motifs is 1. The summed E-state index contributed by atoms with van der Waals surface area (Å²) >= 11 is 0. The van der Waals surface area contributed by atoms with Crippen LogP contribution in [-0.4, -0.2) is 65.6 Å². The molecule has 0 aromatic carbocycles. The molecule has 2 N–H and O–H groups in total. The molecular formula is C18H26F3N3O5. The molecule has 2 atom stereocenters. The number of likely N-dealkylation sites (tertiary alicyclic amines) is 1. The van der Waals surface area contributed by atoms with Crippen LogP contribution in [0.1, 0.15) is 30.9 Å². The van der Waals surface area contributed by atoms with Crippen molar-refractivity contribution in [3.05, 3.63) is 17.0 Å². The van der Waals surface area contributed by atoms with Crippen LogP contribution in [0.2, 0.25) is 0 Å². The van der Waals surface area contributed by atoms with Crippen LogP contribution in [0.3, 0.4) is 0 Å². The third-order valence-corrected chi connectivity index (χ3v) is 5.12. The lowest BCUT2D eigenvalue weighted by Crippen LogP contribution is -2.48. The zero-order valence-corrected chi connectivity index (χ0v) is 16.8. The maximum Gasteiger partial charge on any atom is 0.490 e. The monoisotopic (exact) mass is 421 g/mol. The summed E-state index contributed by atoms with van der Waals surface area (Å²) < 4.78 is 42.6. The Balaban J connectivity index is 0.000000370. The Morgan fingerprint density at radius 2 is 2.00 bits per heavy atom. The second-order valence-electron chi connectivity index (χ2n) is 7.77. The Morgan fingerprint density at radius 3 is 2.48 bits per heavy atom.